The molecule has 1 aliphatic carbocycles. The van der Waals surface area contributed by atoms with E-state index in [0.717, 1.165) is 25.3 Å². The minimum absolute atomic E-state index is 0.156. The van der Waals surface area contributed by atoms with Gasteiger partial charge in [0.25, 0.3) is 0 Å². The van der Waals surface area contributed by atoms with Crippen LogP contribution in [-0.2, 0) is 10.0 Å². The van der Waals surface area contributed by atoms with E-state index in [-0.39, 0.29) is 11.4 Å². The van der Waals surface area contributed by atoms with Crippen molar-refractivity contribution in [1.29, 1.82) is 0 Å². The molecule has 0 unspecified atom stereocenters. The SMILES string of the molecule is NC1(CNS(=O)(=O)c2ccccc2F)CCC1. The predicted molar refractivity (Wildman–Crippen MR) is 62.4 cm³/mol. The molecule has 0 aromatic heterocycles. The summed E-state index contributed by atoms with van der Waals surface area (Å²) in [6, 6.07) is 5.29. The summed E-state index contributed by atoms with van der Waals surface area (Å²) < 4.78 is 39.4. The van der Waals surface area contributed by atoms with E-state index in [4.69, 9.17) is 5.73 Å². The van der Waals surface area contributed by atoms with Crippen LogP contribution in [-0.4, -0.2) is 20.5 Å². The second-order valence-electron chi connectivity index (χ2n) is 4.47. The lowest BCUT2D eigenvalue weighted by molar-refractivity contribution is 0.251. The molecule has 1 aliphatic rings. The maximum absolute atomic E-state index is 13.4. The molecule has 17 heavy (non-hydrogen) atoms. The molecule has 0 aliphatic heterocycles. The first-order chi connectivity index (χ1) is 7.93. The molecule has 6 heteroatoms. The number of hydrogen-bond acceptors (Lipinski definition) is 3. The van der Waals surface area contributed by atoms with Crippen molar-refractivity contribution in [3.63, 3.8) is 0 Å². The molecule has 4 nitrogen and oxygen atoms in total. The van der Waals surface area contributed by atoms with Crippen LogP contribution < -0.4 is 10.5 Å². The van der Waals surface area contributed by atoms with Gasteiger partial charge in [-0.15, -0.1) is 0 Å². The highest BCUT2D eigenvalue weighted by molar-refractivity contribution is 7.89. The van der Waals surface area contributed by atoms with Crippen LogP contribution in [0.25, 0.3) is 0 Å². The van der Waals surface area contributed by atoms with E-state index >= 15 is 0 Å². The molecule has 0 atom stereocenters. The second-order valence-corrected chi connectivity index (χ2v) is 6.21. The van der Waals surface area contributed by atoms with Crippen LogP contribution in [0.4, 0.5) is 4.39 Å². The fraction of sp³-hybridized carbons (Fsp3) is 0.455. The molecule has 1 aromatic rings. The zero-order valence-corrected chi connectivity index (χ0v) is 10.1. The third-order valence-electron chi connectivity index (χ3n) is 3.09. The van der Waals surface area contributed by atoms with Crippen LogP contribution in [0.2, 0.25) is 0 Å². The van der Waals surface area contributed by atoms with Gasteiger partial charge in [0.15, 0.2) is 0 Å². The Morgan fingerprint density at radius 1 is 1.35 bits per heavy atom. The third kappa shape index (κ3) is 2.65. The van der Waals surface area contributed by atoms with Gasteiger partial charge in [0.2, 0.25) is 10.0 Å². The molecule has 0 spiro atoms. The van der Waals surface area contributed by atoms with Gasteiger partial charge in [-0.25, -0.2) is 17.5 Å². The summed E-state index contributed by atoms with van der Waals surface area (Å²) in [6.07, 6.45) is 2.61. The second kappa shape index (κ2) is 4.36. The van der Waals surface area contributed by atoms with Crippen molar-refractivity contribution in [2.75, 3.05) is 6.54 Å². The fourth-order valence-electron chi connectivity index (χ4n) is 1.79. The molecule has 3 N–H and O–H groups in total. The van der Waals surface area contributed by atoms with Gasteiger partial charge in [0, 0.05) is 12.1 Å². The highest BCUT2D eigenvalue weighted by Crippen LogP contribution is 2.28. The van der Waals surface area contributed by atoms with E-state index in [1.54, 1.807) is 0 Å². The van der Waals surface area contributed by atoms with Crippen molar-refractivity contribution in [1.82, 2.24) is 4.72 Å². The summed E-state index contributed by atoms with van der Waals surface area (Å²) in [5.74, 6) is -0.750. The average Bonchev–Trinajstić information content (AvgIpc) is 2.24. The summed E-state index contributed by atoms with van der Waals surface area (Å²) in [6.45, 7) is 0.156. The fourth-order valence-corrected chi connectivity index (χ4v) is 3.00. The van der Waals surface area contributed by atoms with Crippen molar-refractivity contribution >= 4 is 10.0 Å². The number of nitrogens with two attached hydrogens (primary N) is 1. The molecule has 1 aromatic carbocycles. The average molecular weight is 258 g/mol. The standard InChI is InChI=1S/C11H15FN2O2S/c12-9-4-1-2-5-10(9)17(15,16)14-8-11(13)6-3-7-11/h1-2,4-5,14H,3,6-8,13H2. The van der Waals surface area contributed by atoms with Gasteiger partial charge in [-0.2, -0.15) is 0 Å². The monoisotopic (exact) mass is 258 g/mol. The number of benzene rings is 1. The molecule has 0 bridgehead atoms. The summed E-state index contributed by atoms with van der Waals surface area (Å²) in [4.78, 5) is -0.331. The highest BCUT2D eigenvalue weighted by Gasteiger charge is 2.34. The zero-order chi connectivity index (χ0) is 12.5. The third-order valence-corrected chi connectivity index (χ3v) is 4.52. The summed E-state index contributed by atoms with van der Waals surface area (Å²) in [5, 5.41) is 0. The van der Waals surface area contributed by atoms with Crippen molar-refractivity contribution in [2.45, 2.75) is 29.7 Å². The number of hydrogen-bond donors (Lipinski definition) is 2. The smallest absolute Gasteiger partial charge is 0.243 e. The summed E-state index contributed by atoms with van der Waals surface area (Å²) >= 11 is 0. The molecular formula is C11H15FN2O2S. The Bertz CT molecular complexity index is 512. The molecule has 0 radical (unpaired) electrons. The van der Waals surface area contributed by atoms with E-state index in [1.807, 2.05) is 0 Å². The molecule has 1 fully saturated rings. The van der Waals surface area contributed by atoms with E-state index < -0.39 is 21.4 Å². The molecular weight excluding hydrogens is 243 g/mol. The van der Waals surface area contributed by atoms with E-state index in [2.05, 4.69) is 4.72 Å². The van der Waals surface area contributed by atoms with E-state index in [1.165, 1.54) is 18.2 Å². The van der Waals surface area contributed by atoms with Crippen LogP contribution in [0.3, 0.4) is 0 Å². The van der Waals surface area contributed by atoms with Crippen molar-refractivity contribution in [3.8, 4) is 0 Å². The first kappa shape index (κ1) is 12.5. The van der Waals surface area contributed by atoms with E-state index in [9.17, 15) is 12.8 Å². The van der Waals surface area contributed by atoms with Gasteiger partial charge in [0.1, 0.15) is 10.7 Å². The van der Waals surface area contributed by atoms with Gasteiger partial charge < -0.3 is 5.73 Å². The Labute approximate surface area is 100 Å². The Hall–Kier alpha value is -0.980. The number of sulfonamides is 1. The molecule has 0 heterocycles. The van der Waals surface area contributed by atoms with Crippen LogP contribution in [0.15, 0.2) is 29.2 Å². The Morgan fingerprint density at radius 3 is 2.53 bits per heavy atom. The quantitative estimate of drug-likeness (QED) is 0.845. The van der Waals surface area contributed by atoms with Crippen molar-refractivity contribution in [3.05, 3.63) is 30.1 Å². The first-order valence-corrected chi connectivity index (χ1v) is 6.94. The van der Waals surface area contributed by atoms with E-state index in [0.29, 0.717) is 0 Å². The maximum atomic E-state index is 13.4. The number of nitrogens with one attached hydrogen (secondary N) is 1. The van der Waals surface area contributed by atoms with Gasteiger partial charge >= 0.3 is 0 Å². The highest BCUT2D eigenvalue weighted by atomic mass is 32.2. The van der Waals surface area contributed by atoms with Gasteiger partial charge in [0.05, 0.1) is 0 Å². The maximum Gasteiger partial charge on any atom is 0.243 e. The number of halogens is 1. The lowest BCUT2D eigenvalue weighted by Gasteiger charge is -2.37. The van der Waals surface area contributed by atoms with Crippen molar-refractivity contribution < 1.29 is 12.8 Å². The van der Waals surface area contributed by atoms with Gasteiger partial charge in [-0.3, -0.25) is 0 Å². The first-order valence-electron chi connectivity index (χ1n) is 5.46. The topological polar surface area (TPSA) is 72.2 Å². The minimum atomic E-state index is -3.81. The Balaban J connectivity index is 2.12. The molecule has 2 rings (SSSR count). The van der Waals surface area contributed by atoms with Gasteiger partial charge in [-0.05, 0) is 31.4 Å². The molecule has 0 amide bonds. The van der Waals surface area contributed by atoms with Gasteiger partial charge in [-0.1, -0.05) is 12.1 Å². The van der Waals surface area contributed by atoms with Crippen LogP contribution in [0.5, 0.6) is 0 Å². The van der Waals surface area contributed by atoms with Crippen molar-refractivity contribution in [2.24, 2.45) is 5.73 Å². The Kier molecular flexibility index (Phi) is 3.20. The molecule has 0 saturated heterocycles. The minimum Gasteiger partial charge on any atom is -0.324 e. The largest absolute Gasteiger partial charge is 0.324 e. The predicted octanol–water partition coefficient (Wildman–Crippen LogP) is 0.985. The Morgan fingerprint density at radius 2 is 2.00 bits per heavy atom. The summed E-state index contributed by atoms with van der Waals surface area (Å²) in [5.41, 5.74) is 5.45. The lowest BCUT2D eigenvalue weighted by atomic mass is 9.78. The lowest BCUT2D eigenvalue weighted by Crippen LogP contribution is -2.54. The van der Waals surface area contributed by atoms with Crippen LogP contribution >= 0.6 is 0 Å². The number of rotatable bonds is 4. The summed E-state index contributed by atoms with van der Waals surface area (Å²) in [7, 11) is -3.81. The normalized spacial score (nSPS) is 18.7. The molecule has 1 saturated carbocycles. The molecule has 94 valence electrons. The zero-order valence-electron chi connectivity index (χ0n) is 9.32. The van der Waals surface area contributed by atoms with Crippen LogP contribution in [0, 0.1) is 5.82 Å². The van der Waals surface area contributed by atoms with Crippen LogP contribution in [0.1, 0.15) is 19.3 Å².